The average Bonchev–Trinajstić information content (AvgIpc) is 2.38. The van der Waals surface area contributed by atoms with Gasteiger partial charge in [-0.15, -0.1) is 0 Å². The minimum Gasteiger partial charge on any atom is -0.372 e. The fourth-order valence-electron chi connectivity index (χ4n) is 1.84. The van der Waals surface area contributed by atoms with Gasteiger partial charge >= 0.3 is 0 Å². The Bertz CT molecular complexity index is 280. The molecule has 1 aliphatic rings. The number of rotatable bonds is 5. The van der Waals surface area contributed by atoms with Crippen LogP contribution in [0.4, 0.5) is 0 Å². The molecule has 1 fully saturated rings. The number of nitrogens with zero attached hydrogens (tertiary/aromatic N) is 3. The summed E-state index contributed by atoms with van der Waals surface area (Å²) in [4.78, 5) is 15.6. The highest BCUT2D eigenvalue weighted by Gasteiger charge is 2.23. The first-order chi connectivity index (χ1) is 8.19. The summed E-state index contributed by atoms with van der Waals surface area (Å²) in [5, 5.41) is 8.81. The predicted octanol–water partition coefficient (Wildman–Crippen LogP) is 0.469. The number of piperazine rings is 1. The number of hydrogen-bond acceptors (Lipinski definition) is 4. The second-order valence-corrected chi connectivity index (χ2v) is 4.27. The topological polar surface area (TPSA) is 56.6 Å². The Labute approximate surface area is 103 Å². The van der Waals surface area contributed by atoms with Crippen molar-refractivity contribution in [2.75, 3.05) is 39.4 Å². The van der Waals surface area contributed by atoms with E-state index in [-0.39, 0.29) is 18.6 Å². The highest BCUT2D eigenvalue weighted by molar-refractivity contribution is 5.77. The number of ether oxygens (including phenoxy) is 1. The third-order valence-electron chi connectivity index (χ3n) is 2.98. The Morgan fingerprint density at radius 2 is 2.06 bits per heavy atom. The molecule has 5 heteroatoms. The maximum atomic E-state index is 11.7. The van der Waals surface area contributed by atoms with Gasteiger partial charge in [-0.2, -0.15) is 5.26 Å². The van der Waals surface area contributed by atoms with Crippen LogP contribution in [-0.4, -0.2) is 61.1 Å². The summed E-state index contributed by atoms with van der Waals surface area (Å²) in [6.45, 7) is 7.66. The minimum absolute atomic E-state index is 0.0581. The molecule has 0 N–H and O–H groups in total. The molecule has 0 aromatic heterocycles. The van der Waals surface area contributed by atoms with Crippen molar-refractivity contribution in [3.63, 3.8) is 0 Å². The van der Waals surface area contributed by atoms with E-state index in [0.717, 1.165) is 19.5 Å². The summed E-state index contributed by atoms with van der Waals surface area (Å²) in [6.07, 6.45) is 0.931. The lowest BCUT2D eigenvalue weighted by atomic mass is 10.2. The van der Waals surface area contributed by atoms with E-state index in [4.69, 9.17) is 10.00 Å². The molecule has 0 aromatic carbocycles. The number of nitriles is 1. The summed E-state index contributed by atoms with van der Waals surface area (Å²) in [5.41, 5.74) is 0. The Morgan fingerprint density at radius 3 is 2.59 bits per heavy atom. The van der Waals surface area contributed by atoms with Crippen LogP contribution in [0.3, 0.4) is 0 Å². The summed E-state index contributed by atoms with van der Waals surface area (Å²) in [6, 6.07) is 2.15. The van der Waals surface area contributed by atoms with Crippen molar-refractivity contribution in [3.8, 4) is 6.07 Å². The maximum absolute atomic E-state index is 11.7. The lowest BCUT2D eigenvalue weighted by molar-refractivity contribution is -0.138. The largest absolute Gasteiger partial charge is 0.372 e. The second kappa shape index (κ2) is 7.25. The van der Waals surface area contributed by atoms with Gasteiger partial charge in [-0.1, -0.05) is 6.92 Å². The van der Waals surface area contributed by atoms with Gasteiger partial charge < -0.3 is 9.64 Å². The van der Waals surface area contributed by atoms with Crippen LogP contribution in [0.25, 0.3) is 0 Å². The fraction of sp³-hybridized carbons (Fsp3) is 0.833. The molecule has 1 rings (SSSR count). The quantitative estimate of drug-likeness (QED) is 0.654. The van der Waals surface area contributed by atoms with Gasteiger partial charge in [-0.3, -0.25) is 9.69 Å². The van der Waals surface area contributed by atoms with Crippen LogP contribution in [-0.2, 0) is 9.53 Å². The molecule has 5 nitrogen and oxygen atoms in total. The Kier molecular flexibility index (Phi) is 5.95. The molecule has 0 aliphatic carbocycles. The van der Waals surface area contributed by atoms with E-state index in [1.54, 1.807) is 0 Å². The highest BCUT2D eigenvalue weighted by atomic mass is 16.5. The zero-order chi connectivity index (χ0) is 12.7. The molecule has 0 bridgehead atoms. The van der Waals surface area contributed by atoms with E-state index in [9.17, 15) is 4.79 Å². The molecule has 1 heterocycles. The van der Waals surface area contributed by atoms with Crippen molar-refractivity contribution >= 4 is 5.91 Å². The number of hydrogen-bond donors (Lipinski definition) is 0. The number of amides is 1. The Balaban J connectivity index is 2.27. The molecule has 1 unspecified atom stereocenters. The first kappa shape index (κ1) is 13.9. The Hall–Kier alpha value is -1.12. The van der Waals surface area contributed by atoms with Gasteiger partial charge in [0.05, 0.1) is 12.1 Å². The van der Waals surface area contributed by atoms with E-state index in [1.807, 2.05) is 18.7 Å². The molecule has 1 amide bonds. The van der Waals surface area contributed by atoms with Crippen molar-refractivity contribution in [1.82, 2.24) is 9.80 Å². The molecule has 0 saturated carbocycles. The van der Waals surface area contributed by atoms with E-state index in [2.05, 4.69) is 11.0 Å². The Morgan fingerprint density at radius 1 is 1.41 bits per heavy atom. The molecular weight excluding hydrogens is 218 g/mol. The van der Waals surface area contributed by atoms with Gasteiger partial charge in [0.15, 0.2) is 0 Å². The summed E-state index contributed by atoms with van der Waals surface area (Å²) >= 11 is 0. The van der Waals surface area contributed by atoms with E-state index in [0.29, 0.717) is 19.7 Å². The zero-order valence-electron chi connectivity index (χ0n) is 10.7. The van der Waals surface area contributed by atoms with Crippen LogP contribution >= 0.6 is 0 Å². The highest BCUT2D eigenvalue weighted by Crippen LogP contribution is 2.06. The molecule has 0 aromatic rings. The summed E-state index contributed by atoms with van der Waals surface area (Å²) < 4.78 is 5.24. The van der Waals surface area contributed by atoms with Crippen LogP contribution in [0.1, 0.15) is 20.3 Å². The van der Waals surface area contributed by atoms with Crippen LogP contribution in [0.5, 0.6) is 0 Å². The average molecular weight is 239 g/mol. The van der Waals surface area contributed by atoms with Gasteiger partial charge in [0.1, 0.15) is 6.61 Å². The van der Waals surface area contributed by atoms with Gasteiger partial charge in [0, 0.05) is 32.8 Å². The van der Waals surface area contributed by atoms with Crippen molar-refractivity contribution in [3.05, 3.63) is 0 Å². The van der Waals surface area contributed by atoms with Crippen molar-refractivity contribution in [1.29, 1.82) is 5.26 Å². The van der Waals surface area contributed by atoms with Gasteiger partial charge in [0.25, 0.3) is 0 Å². The van der Waals surface area contributed by atoms with Gasteiger partial charge in [0.2, 0.25) is 5.91 Å². The molecule has 1 atom stereocenters. The molecule has 0 spiro atoms. The molecule has 96 valence electrons. The van der Waals surface area contributed by atoms with Crippen molar-refractivity contribution in [2.45, 2.75) is 26.3 Å². The first-order valence-corrected chi connectivity index (χ1v) is 6.18. The van der Waals surface area contributed by atoms with Gasteiger partial charge in [-0.25, -0.2) is 0 Å². The van der Waals surface area contributed by atoms with Crippen LogP contribution < -0.4 is 0 Å². The van der Waals surface area contributed by atoms with Crippen molar-refractivity contribution < 1.29 is 9.53 Å². The van der Waals surface area contributed by atoms with Gasteiger partial charge in [-0.05, 0) is 13.3 Å². The smallest absolute Gasteiger partial charge is 0.248 e. The van der Waals surface area contributed by atoms with Crippen LogP contribution in [0.2, 0.25) is 0 Å². The van der Waals surface area contributed by atoms with E-state index >= 15 is 0 Å². The minimum atomic E-state index is -0.0661. The predicted molar refractivity (Wildman–Crippen MR) is 64.3 cm³/mol. The molecule has 1 saturated heterocycles. The molecule has 0 radical (unpaired) electrons. The molecular formula is C12H21N3O2. The lowest BCUT2D eigenvalue weighted by Crippen LogP contribution is -2.51. The third-order valence-corrected chi connectivity index (χ3v) is 2.98. The first-order valence-electron chi connectivity index (χ1n) is 6.18. The zero-order valence-corrected chi connectivity index (χ0v) is 10.7. The SMILES string of the molecule is CCCOCC(=O)N1CCN(C(C)C#N)CC1. The van der Waals surface area contributed by atoms with E-state index in [1.165, 1.54) is 0 Å². The maximum Gasteiger partial charge on any atom is 0.248 e. The fourth-order valence-corrected chi connectivity index (χ4v) is 1.84. The summed E-state index contributed by atoms with van der Waals surface area (Å²) in [5.74, 6) is 0.0581. The summed E-state index contributed by atoms with van der Waals surface area (Å²) in [7, 11) is 0. The monoisotopic (exact) mass is 239 g/mol. The number of carbonyl (C=O) groups is 1. The third kappa shape index (κ3) is 4.33. The van der Waals surface area contributed by atoms with Crippen molar-refractivity contribution in [2.24, 2.45) is 0 Å². The second-order valence-electron chi connectivity index (χ2n) is 4.27. The van der Waals surface area contributed by atoms with Crippen LogP contribution in [0.15, 0.2) is 0 Å². The number of carbonyl (C=O) groups excluding carboxylic acids is 1. The molecule has 1 aliphatic heterocycles. The van der Waals surface area contributed by atoms with E-state index < -0.39 is 0 Å². The standard InChI is InChI=1S/C12H21N3O2/c1-3-8-17-10-12(16)15-6-4-14(5-7-15)11(2)9-13/h11H,3-8,10H2,1-2H3. The lowest BCUT2D eigenvalue weighted by Gasteiger charge is -2.35. The molecule has 17 heavy (non-hydrogen) atoms. The van der Waals surface area contributed by atoms with Crippen LogP contribution in [0, 0.1) is 11.3 Å². The normalized spacial score (nSPS) is 18.8.